The molecule has 1 aliphatic heterocycles. The second kappa shape index (κ2) is 3.88. The molecule has 0 N–H and O–H groups in total. The summed E-state index contributed by atoms with van der Waals surface area (Å²) in [7, 11) is -0.411. The Morgan fingerprint density at radius 1 is 0.944 bits per heavy atom. The highest BCUT2D eigenvalue weighted by Crippen LogP contribution is 2.36. The molecule has 0 amide bonds. The first-order valence-corrected chi connectivity index (χ1v) is 6.49. The van der Waals surface area contributed by atoms with Crippen molar-refractivity contribution in [3.05, 3.63) is 17.9 Å². The smallest absolute Gasteiger partial charge is 0.469 e. The molecule has 0 atom stereocenters. The number of furan rings is 1. The Hall–Kier alpha value is -0.735. The van der Waals surface area contributed by atoms with Crippen molar-refractivity contribution in [3.8, 4) is 0 Å². The minimum atomic E-state index is -0.411. The minimum Gasteiger partial charge on any atom is -0.469 e. The van der Waals surface area contributed by atoms with E-state index in [1.807, 2.05) is 39.8 Å². The molecule has 1 aliphatic rings. The van der Waals surface area contributed by atoms with Gasteiger partial charge in [-0.1, -0.05) is 20.8 Å². The number of hydrogen-bond donors (Lipinski definition) is 0. The molecule has 2 heterocycles. The third kappa shape index (κ3) is 2.24. The fourth-order valence-electron chi connectivity index (χ4n) is 1.84. The van der Waals surface area contributed by atoms with Gasteiger partial charge in [-0.05, 0) is 39.8 Å². The molecule has 1 aromatic rings. The lowest BCUT2D eigenvalue weighted by Gasteiger charge is -2.32. The average molecular weight is 250 g/mol. The maximum atomic E-state index is 5.96. The molecule has 0 aromatic carbocycles. The van der Waals surface area contributed by atoms with E-state index in [2.05, 4.69) is 20.8 Å². The predicted molar refractivity (Wildman–Crippen MR) is 73.1 cm³/mol. The first kappa shape index (κ1) is 13.7. The van der Waals surface area contributed by atoms with E-state index >= 15 is 0 Å². The van der Waals surface area contributed by atoms with Crippen LogP contribution in [-0.2, 0) is 14.7 Å². The summed E-state index contributed by atoms with van der Waals surface area (Å²) in [6, 6.07) is 3.95. The predicted octanol–water partition coefficient (Wildman–Crippen LogP) is 2.88. The molecule has 1 aromatic heterocycles. The van der Waals surface area contributed by atoms with Gasteiger partial charge in [-0.3, -0.25) is 0 Å². The summed E-state index contributed by atoms with van der Waals surface area (Å²) in [6.07, 6.45) is 0. The topological polar surface area (TPSA) is 31.6 Å². The van der Waals surface area contributed by atoms with Crippen molar-refractivity contribution in [2.45, 2.75) is 65.1 Å². The van der Waals surface area contributed by atoms with Crippen molar-refractivity contribution in [1.29, 1.82) is 0 Å². The Labute approximate surface area is 110 Å². The van der Waals surface area contributed by atoms with Crippen LogP contribution in [-0.4, -0.2) is 18.3 Å². The van der Waals surface area contributed by atoms with Crippen molar-refractivity contribution in [2.24, 2.45) is 0 Å². The summed E-state index contributed by atoms with van der Waals surface area (Å²) < 4.78 is 17.8. The van der Waals surface area contributed by atoms with Gasteiger partial charge < -0.3 is 13.7 Å². The van der Waals surface area contributed by atoms with Gasteiger partial charge in [0.2, 0.25) is 0 Å². The third-order valence-corrected chi connectivity index (χ3v) is 3.85. The van der Waals surface area contributed by atoms with Crippen LogP contribution >= 0.6 is 0 Å². The van der Waals surface area contributed by atoms with Gasteiger partial charge in [0, 0.05) is 5.41 Å². The molecule has 3 nitrogen and oxygen atoms in total. The zero-order valence-corrected chi connectivity index (χ0v) is 12.5. The van der Waals surface area contributed by atoms with Crippen molar-refractivity contribution in [3.63, 3.8) is 0 Å². The lowest BCUT2D eigenvalue weighted by molar-refractivity contribution is 0.00578. The summed E-state index contributed by atoms with van der Waals surface area (Å²) in [4.78, 5) is 0. The normalized spacial score (nSPS) is 22.5. The fourth-order valence-corrected chi connectivity index (χ4v) is 1.84. The maximum absolute atomic E-state index is 5.96. The van der Waals surface area contributed by atoms with E-state index in [4.69, 9.17) is 13.7 Å². The molecule has 2 rings (SSSR count). The van der Waals surface area contributed by atoms with E-state index in [1.54, 1.807) is 0 Å². The van der Waals surface area contributed by atoms with E-state index in [9.17, 15) is 0 Å². The summed E-state index contributed by atoms with van der Waals surface area (Å²) in [6.45, 7) is 14.5. The van der Waals surface area contributed by atoms with Crippen LogP contribution in [0.3, 0.4) is 0 Å². The van der Waals surface area contributed by atoms with Gasteiger partial charge >= 0.3 is 7.12 Å². The second-order valence-electron chi connectivity index (χ2n) is 7.04. The minimum absolute atomic E-state index is 0.00188. The first-order valence-electron chi connectivity index (χ1n) is 6.49. The summed E-state index contributed by atoms with van der Waals surface area (Å²) in [5, 5.41) is 0. The van der Waals surface area contributed by atoms with Crippen LogP contribution in [0.1, 0.15) is 54.2 Å². The molecule has 4 heteroatoms. The number of hydrogen-bond acceptors (Lipinski definition) is 3. The largest absolute Gasteiger partial charge is 0.532 e. The molecule has 0 saturated carbocycles. The quantitative estimate of drug-likeness (QED) is 0.718. The lowest BCUT2D eigenvalue weighted by Crippen LogP contribution is -2.41. The van der Waals surface area contributed by atoms with Gasteiger partial charge in [-0.2, -0.15) is 0 Å². The number of rotatable bonds is 1. The second-order valence-corrected chi connectivity index (χ2v) is 7.04. The van der Waals surface area contributed by atoms with Crippen LogP contribution in [0.5, 0.6) is 0 Å². The van der Waals surface area contributed by atoms with Crippen LogP contribution in [0.4, 0.5) is 0 Å². The fraction of sp³-hybridized carbons (Fsp3) is 0.714. The van der Waals surface area contributed by atoms with Crippen LogP contribution < -0.4 is 5.66 Å². The Bertz CT molecular complexity index is 424. The van der Waals surface area contributed by atoms with Gasteiger partial charge in [0.1, 0.15) is 11.4 Å². The van der Waals surface area contributed by atoms with E-state index in [0.29, 0.717) is 0 Å². The van der Waals surface area contributed by atoms with E-state index in [-0.39, 0.29) is 16.6 Å². The molecule has 18 heavy (non-hydrogen) atoms. The summed E-state index contributed by atoms with van der Waals surface area (Å²) >= 11 is 0. The maximum Gasteiger partial charge on any atom is 0.532 e. The highest BCUT2D eigenvalue weighted by atomic mass is 16.7. The van der Waals surface area contributed by atoms with E-state index in [0.717, 1.165) is 11.4 Å². The Kier molecular flexibility index (Phi) is 2.95. The van der Waals surface area contributed by atoms with E-state index < -0.39 is 7.12 Å². The SMILES string of the molecule is CC(C)(C)c1ccc(B2OC(C)(C)C(C)(C)O2)o1. The van der Waals surface area contributed by atoms with Crippen molar-refractivity contribution >= 4 is 12.8 Å². The summed E-state index contributed by atoms with van der Waals surface area (Å²) in [5.74, 6) is 0.951. The Balaban J connectivity index is 2.23. The molecule has 0 unspecified atom stereocenters. The van der Waals surface area contributed by atoms with E-state index in [1.165, 1.54) is 0 Å². The zero-order valence-electron chi connectivity index (χ0n) is 12.5. The molecule has 100 valence electrons. The van der Waals surface area contributed by atoms with Crippen molar-refractivity contribution in [2.75, 3.05) is 0 Å². The molecule has 0 radical (unpaired) electrons. The Morgan fingerprint density at radius 3 is 1.83 bits per heavy atom. The molecular formula is C14H23BO3. The third-order valence-electron chi connectivity index (χ3n) is 3.85. The van der Waals surface area contributed by atoms with Gasteiger partial charge in [0.15, 0.2) is 0 Å². The molecule has 0 bridgehead atoms. The first-order chi connectivity index (χ1) is 8.03. The zero-order chi connectivity index (χ0) is 13.8. The average Bonchev–Trinajstić information content (AvgIpc) is 2.69. The van der Waals surface area contributed by atoms with Crippen LogP contribution in [0.15, 0.2) is 16.5 Å². The van der Waals surface area contributed by atoms with Gasteiger partial charge in [-0.15, -0.1) is 0 Å². The molecule has 1 fully saturated rings. The van der Waals surface area contributed by atoms with Gasteiger partial charge in [-0.25, -0.2) is 0 Å². The van der Waals surface area contributed by atoms with Crippen LogP contribution in [0, 0.1) is 0 Å². The standard InChI is InChI=1S/C14H23BO3/c1-12(2,3)10-8-9-11(16-10)15-17-13(4,5)14(6,7)18-15/h8-9H,1-7H3. The highest BCUT2D eigenvalue weighted by molar-refractivity contribution is 6.60. The monoisotopic (exact) mass is 250 g/mol. The summed E-state index contributed by atoms with van der Waals surface area (Å²) in [5.41, 5.74) is 0.0965. The molecular weight excluding hydrogens is 227 g/mol. The molecule has 0 spiro atoms. The molecule has 0 aliphatic carbocycles. The van der Waals surface area contributed by atoms with Crippen molar-refractivity contribution in [1.82, 2.24) is 0 Å². The Morgan fingerprint density at radius 2 is 1.44 bits per heavy atom. The highest BCUT2D eigenvalue weighted by Gasteiger charge is 2.53. The van der Waals surface area contributed by atoms with Gasteiger partial charge in [0.05, 0.1) is 11.2 Å². The van der Waals surface area contributed by atoms with Gasteiger partial charge in [0.25, 0.3) is 0 Å². The van der Waals surface area contributed by atoms with Crippen LogP contribution in [0.25, 0.3) is 0 Å². The molecule has 1 saturated heterocycles. The van der Waals surface area contributed by atoms with Crippen LogP contribution in [0.2, 0.25) is 0 Å². The van der Waals surface area contributed by atoms with Crippen molar-refractivity contribution < 1.29 is 13.7 Å². The lowest BCUT2D eigenvalue weighted by atomic mass is 9.86.